The van der Waals surface area contributed by atoms with Crippen LogP contribution in [0, 0.1) is 0 Å². The fourth-order valence-electron chi connectivity index (χ4n) is 3.42. The van der Waals surface area contributed by atoms with Gasteiger partial charge in [-0.2, -0.15) is 0 Å². The Morgan fingerprint density at radius 3 is 2.44 bits per heavy atom. The van der Waals surface area contributed by atoms with Crippen molar-refractivity contribution in [1.29, 1.82) is 0 Å². The van der Waals surface area contributed by atoms with Crippen LogP contribution in [0.25, 0.3) is 11.0 Å². The Morgan fingerprint density at radius 2 is 1.78 bits per heavy atom. The Labute approximate surface area is 202 Å². The summed E-state index contributed by atoms with van der Waals surface area (Å²) in [5.41, 5.74) is 1.70. The van der Waals surface area contributed by atoms with Crippen molar-refractivity contribution in [3.63, 3.8) is 0 Å². The third kappa shape index (κ3) is 5.27. The van der Waals surface area contributed by atoms with Gasteiger partial charge >= 0.3 is 5.97 Å². The second-order valence-corrected chi connectivity index (χ2v) is 8.79. The predicted octanol–water partition coefficient (Wildman–Crippen LogP) is 4.81. The topological polar surface area (TPSA) is 90.3 Å². The van der Waals surface area contributed by atoms with E-state index in [4.69, 9.17) is 4.74 Å². The predicted molar refractivity (Wildman–Crippen MR) is 129 cm³/mol. The van der Waals surface area contributed by atoms with E-state index >= 15 is 0 Å². The van der Waals surface area contributed by atoms with Crippen molar-refractivity contribution in [2.24, 2.45) is 0 Å². The van der Waals surface area contributed by atoms with Gasteiger partial charge in [-0.05, 0) is 57.3 Å². The molecule has 0 aliphatic heterocycles. The molecule has 0 spiro atoms. The van der Waals surface area contributed by atoms with Gasteiger partial charge in [0, 0.05) is 14.5 Å². The number of imidazole rings is 1. The van der Waals surface area contributed by atoms with E-state index in [0.29, 0.717) is 29.4 Å². The van der Waals surface area contributed by atoms with Crippen molar-refractivity contribution >= 4 is 60.6 Å². The minimum absolute atomic E-state index is 0.168. The van der Waals surface area contributed by atoms with Gasteiger partial charge in [-0.1, -0.05) is 43.7 Å². The second kappa shape index (κ2) is 10.9. The molecule has 0 saturated heterocycles. The van der Waals surface area contributed by atoms with Gasteiger partial charge < -0.3 is 14.6 Å². The highest BCUT2D eigenvalue weighted by atomic mass is 79.9. The lowest BCUT2D eigenvalue weighted by Crippen LogP contribution is -2.37. The third-order valence-corrected chi connectivity index (χ3v) is 6.70. The van der Waals surface area contributed by atoms with Gasteiger partial charge in [0.05, 0.1) is 17.6 Å². The zero-order chi connectivity index (χ0) is 23.3. The monoisotopic (exact) mass is 563 g/mol. The van der Waals surface area contributed by atoms with Crippen molar-refractivity contribution < 1.29 is 19.1 Å². The lowest BCUT2D eigenvalue weighted by Gasteiger charge is -2.20. The average Bonchev–Trinajstić information content (AvgIpc) is 3.14. The average molecular weight is 565 g/mol. The number of aromatic nitrogens is 2. The minimum atomic E-state index is -0.727. The molecule has 0 aliphatic carbocycles. The number of fused-ring (bicyclic) bond motifs is 1. The molecule has 0 fully saturated rings. The number of halogens is 2. The standard InChI is InChI=1S/C23H23Br2N3O4/c1-3-8-18(23(31)26-13-20(29)32-4-2)28-19-12-16(25)15(24)11-17(19)27-22(28)21(30)14-9-6-5-7-10-14/h5-7,9-12,18H,3-4,8,13H2,1-2H3,(H,26,31)/t18-/m0/s1. The lowest BCUT2D eigenvalue weighted by molar-refractivity contribution is -0.143. The number of carbonyl (C=O) groups is 3. The quantitative estimate of drug-likeness (QED) is 0.297. The number of benzene rings is 2. The summed E-state index contributed by atoms with van der Waals surface area (Å²) in [6.07, 6.45) is 1.15. The molecule has 7 nitrogen and oxygen atoms in total. The Hall–Kier alpha value is -2.52. The molecule has 2 aromatic carbocycles. The number of nitrogens with zero attached hydrogens (tertiary/aromatic N) is 2. The van der Waals surface area contributed by atoms with Crippen LogP contribution < -0.4 is 5.32 Å². The molecule has 3 aromatic rings. The summed E-state index contributed by atoms with van der Waals surface area (Å²) in [6, 6.07) is 11.7. The lowest BCUT2D eigenvalue weighted by atomic mass is 10.1. The van der Waals surface area contributed by atoms with Crippen LogP contribution in [0.2, 0.25) is 0 Å². The van der Waals surface area contributed by atoms with E-state index in [1.54, 1.807) is 41.8 Å². The molecule has 0 radical (unpaired) electrons. The van der Waals surface area contributed by atoms with Crippen LogP contribution >= 0.6 is 31.9 Å². The number of amides is 1. The van der Waals surface area contributed by atoms with Gasteiger partial charge in [0.1, 0.15) is 12.6 Å². The van der Waals surface area contributed by atoms with Gasteiger partial charge in [-0.25, -0.2) is 4.98 Å². The van der Waals surface area contributed by atoms with Crippen LogP contribution in [0.4, 0.5) is 0 Å². The highest BCUT2D eigenvalue weighted by Gasteiger charge is 2.29. The summed E-state index contributed by atoms with van der Waals surface area (Å²) in [6.45, 7) is 3.65. The van der Waals surface area contributed by atoms with E-state index < -0.39 is 12.0 Å². The molecule has 1 aromatic heterocycles. The first-order valence-electron chi connectivity index (χ1n) is 10.3. The Bertz CT molecular complexity index is 1150. The molecule has 0 unspecified atom stereocenters. The highest BCUT2D eigenvalue weighted by Crippen LogP contribution is 2.32. The van der Waals surface area contributed by atoms with Crippen LogP contribution in [0.15, 0.2) is 51.4 Å². The number of rotatable bonds is 9. The smallest absolute Gasteiger partial charge is 0.325 e. The van der Waals surface area contributed by atoms with E-state index in [2.05, 4.69) is 42.2 Å². The summed E-state index contributed by atoms with van der Waals surface area (Å²) < 4.78 is 8.13. The summed E-state index contributed by atoms with van der Waals surface area (Å²) in [5.74, 6) is -1.01. The van der Waals surface area contributed by atoms with Gasteiger partial charge in [0.2, 0.25) is 11.7 Å². The maximum absolute atomic E-state index is 13.4. The number of carbonyl (C=O) groups excluding carboxylic acids is 3. The largest absolute Gasteiger partial charge is 0.465 e. The number of ketones is 1. The van der Waals surface area contributed by atoms with Gasteiger partial charge in [0.25, 0.3) is 0 Å². The maximum atomic E-state index is 13.4. The Kier molecular flexibility index (Phi) is 8.20. The number of nitrogens with one attached hydrogen (secondary N) is 1. The normalized spacial score (nSPS) is 11.9. The molecule has 1 N–H and O–H groups in total. The molecule has 32 heavy (non-hydrogen) atoms. The van der Waals surface area contributed by atoms with Crippen molar-refractivity contribution in [3.8, 4) is 0 Å². The van der Waals surface area contributed by atoms with Crippen LogP contribution in [-0.2, 0) is 14.3 Å². The number of esters is 1. The first-order valence-corrected chi connectivity index (χ1v) is 11.9. The molecule has 9 heteroatoms. The summed E-state index contributed by atoms with van der Waals surface area (Å²) in [5, 5.41) is 2.64. The zero-order valence-corrected chi connectivity index (χ0v) is 20.9. The number of ether oxygens (including phenoxy) is 1. The Morgan fingerprint density at radius 1 is 1.09 bits per heavy atom. The molecular formula is C23H23Br2N3O4. The van der Waals surface area contributed by atoms with Crippen molar-refractivity contribution in [1.82, 2.24) is 14.9 Å². The maximum Gasteiger partial charge on any atom is 0.325 e. The third-order valence-electron chi connectivity index (χ3n) is 4.86. The van der Waals surface area contributed by atoms with Crippen molar-refractivity contribution in [3.05, 3.63) is 62.8 Å². The first-order chi connectivity index (χ1) is 15.4. The van der Waals surface area contributed by atoms with Gasteiger partial charge in [-0.3, -0.25) is 14.4 Å². The van der Waals surface area contributed by atoms with E-state index in [0.717, 1.165) is 8.95 Å². The minimum Gasteiger partial charge on any atom is -0.465 e. The van der Waals surface area contributed by atoms with Crippen LogP contribution in [-0.4, -0.2) is 40.4 Å². The Balaban J connectivity index is 2.11. The molecule has 1 atom stereocenters. The van der Waals surface area contributed by atoms with Gasteiger partial charge in [0.15, 0.2) is 5.82 Å². The van der Waals surface area contributed by atoms with E-state index in [1.165, 1.54) is 0 Å². The fraction of sp³-hybridized carbons (Fsp3) is 0.304. The fourth-order valence-corrected chi connectivity index (χ4v) is 4.09. The van der Waals surface area contributed by atoms with Crippen molar-refractivity contribution in [2.75, 3.05) is 13.2 Å². The van der Waals surface area contributed by atoms with Crippen LogP contribution in [0.5, 0.6) is 0 Å². The van der Waals surface area contributed by atoms with E-state index in [1.807, 2.05) is 19.1 Å². The molecule has 0 saturated carbocycles. The van der Waals surface area contributed by atoms with Gasteiger partial charge in [-0.15, -0.1) is 0 Å². The first kappa shape index (κ1) is 24.1. The summed E-state index contributed by atoms with van der Waals surface area (Å²) >= 11 is 6.97. The van der Waals surface area contributed by atoms with Crippen LogP contribution in [0.3, 0.4) is 0 Å². The summed E-state index contributed by atoms with van der Waals surface area (Å²) in [4.78, 5) is 42.9. The zero-order valence-electron chi connectivity index (χ0n) is 17.7. The SMILES string of the molecule is CCC[C@@H](C(=O)NCC(=O)OCC)n1c(C(=O)c2ccccc2)nc2cc(Br)c(Br)cc21. The number of hydrogen-bond donors (Lipinski definition) is 1. The summed E-state index contributed by atoms with van der Waals surface area (Å²) in [7, 11) is 0. The highest BCUT2D eigenvalue weighted by molar-refractivity contribution is 9.13. The van der Waals surface area contributed by atoms with Crippen LogP contribution in [0.1, 0.15) is 48.9 Å². The molecule has 1 amide bonds. The number of hydrogen-bond acceptors (Lipinski definition) is 5. The molecule has 1 heterocycles. The molecule has 168 valence electrons. The molecule has 0 bridgehead atoms. The second-order valence-electron chi connectivity index (χ2n) is 7.08. The molecule has 3 rings (SSSR count). The molecule has 0 aliphatic rings. The van der Waals surface area contributed by atoms with Crippen molar-refractivity contribution in [2.45, 2.75) is 32.7 Å². The van der Waals surface area contributed by atoms with E-state index in [-0.39, 0.29) is 30.7 Å². The molecular weight excluding hydrogens is 542 g/mol. The van der Waals surface area contributed by atoms with E-state index in [9.17, 15) is 14.4 Å².